The molecule has 0 amide bonds. The number of aromatic nitrogens is 1. The largest absolute Gasteiger partial charge is 0.424 e. The molecule has 1 aromatic heterocycles. The SMILES string of the molecule is CC(C)(C)CNc1nc2cc(N)ccc2o1. The van der Waals surface area contributed by atoms with Crippen molar-refractivity contribution in [2.24, 2.45) is 5.41 Å². The first kappa shape index (κ1) is 10.8. The first-order valence-corrected chi connectivity index (χ1v) is 5.34. The Hall–Kier alpha value is -1.71. The summed E-state index contributed by atoms with van der Waals surface area (Å²) in [5, 5.41) is 3.17. The first-order valence-electron chi connectivity index (χ1n) is 5.34. The number of hydrogen-bond donors (Lipinski definition) is 2. The van der Waals surface area contributed by atoms with Gasteiger partial charge in [0.25, 0.3) is 6.01 Å². The quantitative estimate of drug-likeness (QED) is 0.762. The van der Waals surface area contributed by atoms with Crippen molar-refractivity contribution < 1.29 is 4.42 Å². The van der Waals surface area contributed by atoms with Gasteiger partial charge in [0, 0.05) is 12.2 Å². The number of hydrogen-bond acceptors (Lipinski definition) is 4. The van der Waals surface area contributed by atoms with E-state index in [1.54, 1.807) is 12.1 Å². The molecule has 2 aromatic rings. The molecule has 4 nitrogen and oxygen atoms in total. The van der Waals surface area contributed by atoms with Crippen molar-refractivity contribution in [2.45, 2.75) is 20.8 Å². The molecule has 0 saturated carbocycles. The Morgan fingerprint density at radius 1 is 1.38 bits per heavy atom. The summed E-state index contributed by atoms with van der Waals surface area (Å²) in [4.78, 5) is 4.32. The maximum Gasteiger partial charge on any atom is 0.295 e. The smallest absolute Gasteiger partial charge is 0.295 e. The second-order valence-corrected chi connectivity index (χ2v) is 5.16. The van der Waals surface area contributed by atoms with E-state index >= 15 is 0 Å². The zero-order chi connectivity index (χ0) is 11.8. The zero-order valence-corrected chi connectivity index (χ0v) is 9.87. The molecular formula is C12H17N3O. The van der Waals surface area contributed by atoms with E-state index in [1.807, 2.05) is 6.07 Å². The predicted octanol–water partition coefficient (Wildman–Crippen LogP) is 2.87. The highest BCUT2D eigenvalue weighted by molar-refractivity contribution is 5.78. The van der Waals surface area contributed by atoms with Crippen molar-refractivity contribution in [3.63, 3.8) is 0 Å². The Kier molecular flexibility index (Phi) is 2.50. The maximum absolute atomic E-state index is 5.67. The van der Waals surface area contributed by atoms with E-state index < -0.39 is 0 Å². The van der Waals surface area contributed by atoms with E-state index in [1.165, 1.54) is 0 Å². The molecule has 0 aliphatic heterocycles. The molecule has 0 aliphatic rings. The Morgan fingerprint density at radius 3 is 2.81 bits per heavy atom. The molecular weight excluding hydrogens is 202 g/mol. The monoisotopic (exact) mass is 219 g/mol. The van der Waals surface area contributed by atoms with Crippen LogP contribution in [0, 0.1) is 5.41 Å². The van der Waals surface area contributed by atoms with Gasteiger partial charge in [0.2, 0.25) is 0 Å². The van der Waals surface area contributed by atoms with Crippen LogP contribution in [0.5, 0.6) is 0 Å². The average Bonchev–Trinajstić information content (AvgIpc) is 2.55. The lowest BCUT2D eigenvalue weighted by Gasteiger charge is -2.17. The van der Waals surface area contributed by atoms with E-state index in [4.69, 9.17) is 10.2 Å². The van der Waals surface area contributed by atoms with Crippen LogP contribution < -0.4 is 11.1 Å². The third-order valence-electron chi connectivity index (χ3n) is 2.18. The van der Waals surface area contributed by atoms with E-state index in [9.17, 15) is 0 Å². The van der Waals surface area contributed by atoms with Crippen LogP contribution in [0.1, 0.15) is 20.8 Å². The highest BCUT2D eigenvalue weighted by Gasteiger charge is 2.12. The summed E-state index contributed by atoms with van der Waals surface area (Å²) in [6.45, 7) is 7.28. The maximum atomic E-state index is 5.67. The number of oxazole rings is 1. The van der Waals surface area contributed by atoms with Crippen LogP contribution in [0.4, 0.5) is 11.7 Å². The van der Waals surface area contributed by atoms with Gasteiger partial charge in [0.1, 0.15) is 5.52 Å². The van der Waals surface area contributed by atoms with E-state index in [2.05, 4.69) is 31.1 Å². The minimum atomic E-state index is 0.194. The molecule has 0 radical (unpaired) electrons. The molecule has 0 aliphatic carbocycles. The van der Waals surface area contributed by atoms with Crippen molar-refractivity contribution >= 4 is 22.8 Å². The predicted molar refractivity (Wildman–Crippen MR) is 66.4 cm³/mol. The summed E-state index contributed by atoms with van der Waals surface area (Å²) in [7, 11) is 0. The second-order valence-electron chi connectivity index (χ2n) is 5.16. The van der Waals surface area contributed by atoms with Gasteiger partial charge in [-0.3, -0.25) is 0 Å². The molecule has 0 atom stereocenters. The van der Waals surface area contributed by atoms with Crippen LogP contribution in [-0.4, -0.2) is 11.5 Å². The molecule has 2 rings (SSSR count). The summed E-state index contributed by atoms with van der Waals surface area (Å²) in [6, 6.07) is 6.00. The molecule has 0 bridgehead atoms. The van der Waals surface area contributed by atoms with E-state index in [-0.39, 0.29) is 5.41 Å². The van der Waals surface area contributed by atoms with Gasteiger partial charge in [-0.15, -0.1) is 0 Å². The number of rotatable bonds is 2. The van der Waals surface area contributed by atoms with Crippen LogP contribution in [0.25, 0.3) is 11.1 Å². The minimum absolute atomic E-state index is 0.194. The molecule has 0 saturated heterocycles. The van der Waals surface area contributed by atoms with Gasteiger partial charge in [-0.05, 0) is 23.6 Å². The van der Waals surface area contributed by atoms with Crippen molar-refractivity contribution in [1.29, 1.82) is 0 Å². The highest BCUT2D eigenvalue weighted by Crippen LogP contribution is 2.22. The number of nitrogens with one attached hydrogen (secondary N) is 1. The third kappa shape index (κ3) is 2.45. The number of nitrogens with two attached hydrogens (primary N) is 1. The minimum Gasteiger partial charge on any atom is -0.424 e. The highest BCUT2D eigenvalue weighted by atomic mass is 16.4. The lowest BCUT2D eigenvalue weighted by molar-refractivity contribution is 0.435. The molecule has 4 heteroatoms. The normalized spacial score (nSPS) is 11.9. The van der Waals surface area contributed by atoms with Crippen LogP contribution >= 0.6 is 0 Å². The third-order valence-corrected chi connectivity index (χ3v) is 2.18. The number of benzene rings is 1. The van der Waals surface area contributed by atoms with Gasteiger partial charge < -0.3 is 15.5 Å². The Bertz CT molecular complexity index is 496. The number of nitrogens with zero attached hydrogens (tertiary/aromatic N) is 1. The molecule has 3 N–H and O–H groups in total. The lowest BCUT2D eigenvalue weighted by Crippen LogP contribution is -2.19. The van der Waals surface area contributed by atoms with E-state index in [0.717, 1.165) is 17.6 Å². The van der Waals surface area contributed by atoms with Crippen molar-refractivity contribution in [1.82, 2.24) is 4.98 Å². The number of nitrogen functional groups attached to an aromatic ring is 1. The Labute approximate surface area is 94.8 Å². The molecule has 86 valence electrons. The summed E-state index contributed by atoms with van der Waals surface area (Å²) in [5.74, 6) is 0. The van der Waals surface area contributed by atoms with Crippen molar-refractivity contribution in [2.75, 3.05) is 17.6 Å². The molecule has 1 heterocycles. The van der Waals surface area contributed by atoms with Crippen LogP contribution in [0.15, 0.2) is 22.6 Å². The van der Waals surface area contributed by atoms with Crippen molar-refractivity contribution in [3.8, 4) is 0 Å². The van der Waals surface area contributed by atoms with Gasteiger partial charge in [0.15, 0.2) is 5.58 Å². The van der Waals surface area contributed by atoms with Crippen molar-refractivity contribution in [3.05, 3.63) is 18.2 Å². The fraction of sp³-hybridized carbons (Fsp3) is 0.417. The second kappa shape index (κ2) is 3.70. The fourth-order valence-electron chi connectivity index (χ4n) is 1.36. The van der Waals surface area contributed by atoms with Gasteiger partial charge in [0.05, 0.1) is 0 Å². The molecule has 0 unspecified atom stereocenters. The summed E-state index contributed by atoms with van der Waals surface area (Å²) in [5.41, 5.74) is 8.11. The lowest BCUT2D eigenvalue weighted by atomic mass is 9.97. The van der Waals surface area contributed by atoms with Gasteiger partial charge >= 0.3 is 0 Å². The topological polar surface area (TPSA) is 64.1 Å². The fourth-order valence-corrected chi connectivity index (χ4v) is 1.36. The molecule has 0 spiro atoms. The standard InChI is InChI=1S/C12H17N3O/c1-12(2,3)7-14-11-15-9-6-8(13)4-5-10(9)16-11/h4-6H,7,13H2,1-3H3,(H,14,15). The molecule has 16 heavy (non-hydrogen) atoms. The summed E-state index contributed by atoms with van der Waals surface area (Å²) >= 11 is 0. The Balaban J connectivity index is 2.20. The number of anilines is 2. The number of fused-ring (bicyclic) bond motifs is 1. The summed E-state index contributed by atoms with van der Waals surface area (Å²) in [6.07, 6.45) is 0. The van der Waals surface area contributed by atoms with Crippen LogP contribution in [0.3, 0.4) is 0 Å². The van der Waals surface area contributed by atoms with Gasteiger partial charge in [-0.2, -0.15) is 4.98 Å². The van der Waals surface area contributed by atoms with Crippen LogP contribution in [0.2, 0.25) is 0 Å². The van der Waals surface area contributed by atoms with Gasteiger partial charge in [-0.25, -0.2) is 0 Å². The zero-order valence-electron chi connectivity index (χ0n) is 9.87. The molecule has 0 fully saturated rings. The van der Waals surface area contributed by atoms with Crippen LogP contribution in [-0.2, 0) is 0 Å². The van der Waals surface area contributed by atoms with Gasteiger partial charge in [-0.1, -0.05) is 20.8 Å². The summed E-state index contributed by atoms with van der Waals surface area (Å²) < 4.78 is 5.54. The average molecular weight is 219 g/mol. The Morgan fingerprint density at radius 2 is 2.12 bits per heavy atom. The first-order chi connectivity index (χ1) is 7.44. The molecule has 1 aromatic carbocycles. The van der Waals surface area contributed by atoms with E-state index in [0.29, 0.717) is 11.7 Å².